The Kier molecular flexibility index (Phi) is 17.6. The van der Waals surface area contributed by atoms with Crippen LogP contribution in [0.3, 0.4) is 0 Å². The van der Waals surface area contributed by atoms with Crippen LogP contribution in [0.4, 0.5) is 15.3 Å². The number of pyridine rings is 2. The molecule has 2 aliphatic rings. The Bertz CT molecular complexity index is 2790. The van der Waals surface area contributed by atoms with E-state index in [9.17, 15) is 43.5 Å². The number of hydrogen-bond acceptors (Lipinski definition) is 14. The van der Waals surface area contributed by atoms with Gasteiger partial charge in [-0.2, -0.15) is 0 Å². The number of carbonyl (C=O) groups is 7. The van der Waals surface area contributed by atoms with Crippen LogP contribution < -0.4 is 32.0 Å². The number of hydrogen-bond donors (Lipinski definition) is 5. The lowest BCUT2D eigenvalue weighted by Gasteiger charge is -2.31. The number of Topliss-reactive ketones (excluding diaryl/α,β-unsaturated/α-hetero) is 1. The number of anilines is 1. The molecule has 4 heterocycles. The molecule has 5 amide bonds. The number of carbonyl (C=O) groups excluding carboxylic acids is 7. The number of nitrogens with one attached hydrogen (secondary N) is 3. The quantitative estimate of drug-likeness (QED) is 0.0627. The van der Waals surface area contributed by atoms with Gasteiger partial charge in [0, 0.05) is 68.1 Å². The number of likely N-dealkylation sites (N-methyl/N-ethyl adjacent to an activating group) is 2. The second-order valence-corrected chi connectivity index (χ2v) is 18.9. The van der Waals surface area contributed by atoms with Crippen LogP contribution in [0.2, 0.25) is 0 Å². The van der Waals surface area contributed by atoms with Gasteiger partial charge in [0.05, 0.1) is 29.0 Å². The van der Waals surface area contributed by atoms with Crippen LogP contribution in [0.15, 0.2) is 53.3 Å². The predicted octanol–water partition coefficient (Wildman–Crippen LogP) is 4.65. The molecule has 72 heavy (non-hydrogen) atoms. The Hall–Kier alpha value is -7.19. The van der Waals surface area contributed by atoms with Crippen molar-refractivity contribution < 1.29 is 52.9 Å². The van der Waals surface area contributed by atoms with Gasteiger partial charge in [-0.3, -0.25) is 24.0 Å². The van der Waals surface area contributed by atoms with E-state index < -0.39 is 53.6 Å². The lowest BCUT2D eigenvalue weighted by molar-refractivity contribution is -0.172. The zero-order chi connectivity index (χ0) is 52.6. The Morgan fingerprint density at radius 2 is 1.60 bits per heavy atom. The molecule has 2 aliphatic heterocycles. The average molecular weight is 995 g/mol. The van der Waals surface area contributed by atoms with Gasteiger partial charge in [0.1, 0.15) is 36.8 Å². The molecule has 0 fully saturated rings. The zero-order valence-electron chi connectivity index (χ0n) is 42.2. The lowest BCUT2D eigenvalue weighted by Crippen LogP contribution is -2.54. The minimum absolute atomic E-state index is 0.0335. The van der Waals surface area contributed by atoms with Crippen molar-refractivity contribution in [2.24, 2.45) is 17.6 Å². The monoisotopic (exact) mass is 994 g/mol. The number of amides is 5. The fraction of sp³-hybridized carbons (Fsp3) is 0.481. The fourth-order valence-electron chi connectivity index (χ4n) is 8.60. The molecule has 0 bridgehead atoms. The number of ether oxygens (including phenoxy) is 3. The number of aryl methyl sites for hydroxylation is 1. The molecule has 6 rings (SSSR count). The highest BCUT2D eigenvalue weighted by atomic mass is 16.6. The number of fused-ring (bicyclic) bond motifs is 5. The summed E-state index contributed by atoms with van der Waals surface area (Å²) < 4.78 is 18.0. The van der Waals surface area contributed by atoms with E-state index in [1.165, 1.54) is 16.8 Å². The second-order valence-electron chi connectivity index (χ2n) is 18.9. The van der Waals surface area contributed by atoms with Gasteiger partial charge in [-0.05, 0) is 85.7 Å². The third kappa shape index (κ3) is 12.1. The Balaban J connectivity index is 0.992. The maximum atomic E-state index is 13.7. The third-order valence-corrected chi connectivity index (χ3v) is 13.2. The van der Waals surface area contributed by atoms with Crippen LogP contribution in [-0.2, 0) is 65.2 Å². The van der Waals surface area contributed by atoms with Crippen LogP contribution in [0.1, 0.15) is 101 Å². The van der Waals surface area contributed by atoms with Crippen LogP contribution >= 0.6 is 0 Å². The van der Waals surface area contributed by atoms with Gasteiger partial charge in [-0.15, -0.1) is 0 Å². The lowest BCUT2D eigenvalue weighted by atomic mass is 9.86. The van der Waals surface area contributed by atoms with Crippen molar-refractivity contribution in [3.05, 3.63) is 86.7 Å². The Morgan fingerprint density at radius 1 is 0.903 bits per heavy atom. The molecule has 0 radical (unpaired) electrons. The van der Waals surface area contributed by atoms with E-state index in [0.717, 1.165) is 16.5 Å². The number of esters is 1. The predicted molar refractivity (Wildman–Crippen MR) is 267 cm³/mol. The van der Waals surface area contributed by atoms with Crippen molar-refractivity contribution in [1.82, 2.24) is 30.0 Å². The van der Waals surface area contributed by atoms with E-state index in [1.807, 2.05) is 6.92 Å². The van der Waals surface area contributed by atoms with Crippen molar-refractivity contribution in [3.8, 4) is 17.1 Å². The van der Waals surface area contributed by atoms with Gasteiger partial charge in [0.2, 0.25) is 17.7 Å². The first kappa shape index (κ1) is 54.1. The summed E-state index contributed by atoms with van der Waals surface area (Å²) in [6.45, 7) is 11.1. The molecule has 0 aliphatic carbocycles. The number of benzene rings is 2. The number of nitrogens with two attached hydrogens (primary N) is 1. The van der Waals surface area contributed by atoms with Crippen molar-refractivity contribution in [1.29, 1.82) is 0 Å². The van der Waals surface area contributed by atoms with Gasteiger partial charge >= 0.3 is 18.2 Å². The molecule has 0 unspecified atom stereocenters. The van der Waals surface area contributed by atoms with Gasteiger partial charge in [-0.25, -0.2) is 19.4 Å². The maximum Gasteiger partial charge on any atom is 0.415 e. The molecule has 3 atom stereocenters. The molecule has 2 aromatic heterocycles. The first-order valence-electron chi connectivity index (χ1n) is 24.4. The number of cyclic esters (lactones) is 1. The van der Waals surface area contributed by atoms with E-state index in [4.69, 9.17) is 24.9 Å². The minimum atomic E-state index is -1.94. The number of rotatable bonds is 21. The smallest absolute Gasteiger partial charge is 0.415 e. The summed E-state index contributed by atoms with van der Waals surface area (Å²) in [5, 5.41) is 20.2. The summed E-state index contributed by atoms with van der Waals surface area (Å²) in [5.74, 6) is -2.53. The van der Waals surface area contributed by atoms with Gasteiger partial charge in [0.25, 0.3) is 5.56 Å². The first-order chi connectivity index (χ1) is 34.2. The molecule has 20 nitrogen and oxygen atoms in total. The molecule has 20 heteroatoms. The summed E-state index contributed by atoms with van der Waals surface area (Å²) in [7, 11) is 3.08. The first-order valence-corrected chi connectivity index (χ1v) is 24.4. The normalized spacial score (nSPS) is 15.4. The van der Waals surface area contributed by atoms with Crippen LogP contribution in [0.5, 0.6) is 5.75 Å². The molecule has 0 saturated heterocycles. The number of ketones is 1. The van der Waals surface area contributed by atoms with E-state index >= 15 is 0 Å². The molecule has 0 saturated carbocycles. The molecule has 386 valence electrons. The summed E-state index contributed by atoms with van der Waals surface area (Å²) in [5.41, 5.74) is 8.36. The Labute approximate surface area is 417 Å². The van der Waals surface area contributed by atoms with Crippen molar-refractivity contribution in [3.63, 3.8) is 0 Å². The number of aromatic nitrogens is 2. The van der Waals surface area contributed by atoms with Crippen molar-refractivity contribution in [2.45, 2.75) is 118 Å². The van der Waals surface area contributed by atoms with Crippen LogP contribution in [-0.4, -0.2) is 112 Å². The van der Waals surface area contributed by atoms with E-state index in [2.05, 4.69) is 16.0 Å². The topological polar surface area (TPSA) is 271 Å². The van der Waals surface area contributed by atoms with E-state index in [1.54, 1.807) is 94.8 Å². The van der Waals surface area contributed by atoms with Crippen molar-refractivity contribution >= 4 is 58.3 Å². The molecule has 6 N–H and O–H groups in total. The van der Waals surface area contributed by atoms with Gasteiger partial charge < -0.3 is 55.4 Å². The molecular formula is C52H66N8O12. The highest BCUT2D eigenvalue weighted by Crippen LogP contribution is 2.41. The average Bonchev–Trinajstić information content (AvgIpc) is 3.73. The highest BCUT2D eigenvalue weighted by Gasteiger charge is 2.45. The largest absolute Gasteiger partial charge is 0.458 e. The fourth-order valence-corrected chi connectivity index (χ4v) is 8.60. The summed E-state index contributed by atoms with van der Waals surface area (Å²) in [6.07, 6.45) is 0.0195. The summed E-state index contributed by atoms with van der Waals surface area (Å²) in [4.78, 5) is 111. The third-order valence-electron chi connectivity index (χ3n) is 13.2. The van der Waals surface area contributed by atoms with Gasteiger partial charge in [0.15, 0.2) is 5.60 Å². The number of nitrogens with zero attached hydrogens (tertiary/aromatic N) is 4. The minimum Gasteiger partial charge on any atom is -0.458 e. The van der Waals surface area contributed by atoms with E-state index in [0.29, 0.717) is 41.0 Å². The molecule has 4 aromatic rings. The maximum absolute atomic E-state index is 13.7. The van der Waals surface area contributed by atoms with Gasteiger partial charge in [-0.1, -0.05) is 53.7 Å². The zero-order valence-corrected chi connectivity index (χ0v) is 42.2. The SMILES string of the molecule is CCc1c2c(nc3ccc(OC(=O)N(C)CCN(C)C(=O)OCc4ccc(NC(=O)[C@H](CCCN)NC(=O)[C@@H](NC(=O)CCC(=O)C(C)C)C(C)C)cc4)cc13)-c1cc3c(c(=O)n1C2)COC(=O)[C@]3(O)CC. The van der Waals surface area contributed by atoms with Crippen LogP contribution in [0, 0.1) is 11.8 Å². The highest BCUT2D eigenvalue weighted by molar-refractivity contribution is 5.99. The summed E-state index contributed by atoms with van der Waals surface area (Å²) in [6, 6.07) is 11.5. The van der Waals surface area contributed by atoms with E-state index in [-0.39, 0.29) is 105 Å². The molecular weight excluding hydrogens is 929 g/mol. The van der Waals surface area contributed by atoms with Crippen molar-refractivity contribution in [2.75, 3.05) is 39.0 Å². The second kappa shape index (κ2) is 23.4. The standard InChI is InChI=1S/C52H66N8O12/c1-9-34-35-24-33(17-18-39(35)55-45-36(34)26-60-41(45)25-38-37(48(60)65)28-70-49(66)52(38,69)10-2)72-51(68)59(8)23-22-58(7)50(67)71-27-31-13-15-32(16-14-31)54-46(63)40(12-11-21-53)56-47(64)44(30(5)6)57-43(62)20-19-42(61)29(3)4/h13-18,24-25,29-30,40,44,69H,9-12,19-23,26-28,53H2,1-8H3,(H,54,63)(H,56,64)(H,57,62)/t40-,44-,52-/m0/s1. The van der Waals surface area contributed by atoms with Crippen LogP contribution in [0.25, 0.3) is 22.3 Å². The molecule has 2 aromatic carbocycles. The molecule has 0 spiro atoms. The Morgan fingerprint density at radius 3 is 2.24 bits per heavy atom. The number of aliphatic hydroxyl groups is 1. The summed E-state index contributed by atoms with van der Waals surface area (Å²) >= 11 is 0.